The zero-order chi connectivity index (χ0) is 14.0. The van der Waals surface area contributed by atoms with Crippen molar-refractivity contribution in [3.8, 4) is 0 Å². The number of sulfonamides is 1. The minimum absolute atomic E-state index is 0.162. The minimum Gasteiger partial charge on any atom is -0.399 e. The molecule has 0 aliphatic heterocycles. The second-order valence-electron chi connectivity index (χ2n) is 4.35. The molecule has 0 aliphatic carbocycles. The summed E-state index contributed by atoms with van der Waals surface area (Å²) in [7, 11) is -3.67. The maximum absolute atomic E-state index is 12.3. The van der Waals surface area contributed by atoms with E-state index in [1.165, 1.54) is 6.07 Å². The van der Waals surface area contributed by atoms with E-state index in [0.29, 0.717) is 11.3 Å². The van der Waals surface area contributed by atoms with Crippen LogP contribution in [0.4, 0.5) is 11.5 Å². The molecule has 2 aromatic rings. The Morgan fingerprint density at radius 2 is 1.89 bits per heavy atom. The average molecular weight is 277 g/mol. The first-order valence-corrected chi connectivity index (χ1v) is 7.18. The summed E-state index contributed by atoms with van der Waals surface area (Å²) in [5, 5.41) is 0. The van der Waals surface area contributed by atoms with Crippen LogP contribution in [0.25, 0.3) is 0 Å². The molecule has 0 fully saturated rings. The summed E-state index contributed by atoms with van der Waals surface area (Å²) in [5.74, 6) is 0.285. The van der Waals surface area contributed by atoms with Gasteiger partial charge in [0.15, 0.2) is 0 Å². The molecular formula is C13H15N3O2S. The van der Waals surface area contributed by atoms with Crippen LogP contribution in [0.15, 0.2) is 41.4 Å². The second kappa shape index (κ2) is 4.89. The van der Waals surface area contributed by atoms with Crippen LogP contribution in [0, 0.1) is 13.8 Å². The van der Waals surface area contributed by atoms with E-state index in [-0.39, 0.29) is 10.7 Å². The van der Waals surface area contributed by atoms with Crippen molar-refractivity contribution in [3.63, 3.8) is 0 Å². The highest BCUT2D eigenvalue weighted by Gasteiger charge is 2.17. The molecule has 0 atom stereocenters. The van der Waals surface area contributed by atoms with Gasteiger partial charge in [-0.05, 0) is 43.2 Å². The highest BCUT2D eigenvalue weighted by molar-refractivity contribution is 7.92. The molecular weight excluding hydrogens is 262 g/mol. The molecule has 0 saturated heterocycles. The third-order valence-electron chi connectivity index (χ3n) is 2.65. The van der Waals surface area contributed by atoms with Crippen molar-refractivity contribution in [1.82, 2.24) is 4.98 Å². The first kappa shape index (κ1) is 13.4. The third-order valence-corrected chi connectivity index (χ3v) is 4.15. The molecule has 0 spiro atoms. The van der Waals surface area contributed by atoms with E-state index < -0.39 is 10.0 Å². The summed E-state index contributed by atoms with van der Waals surface area (Å²) in [6, 6.07) is 8.18. The van der Waals surface area contributed by atoms with Gasteiger partial charge in [-0.25, -0.2) is 13.4 Å². The molecule has 3 N–H and O–H groups in total. The molecule has 19 heavy (non-hydrogen) atoms. The number of rotatable bonds is 3. The number of hydrogen-bond donors (Lipinski definition) is 2. The van der Waals surface area contributed by atoms with E-state index in [0.717, 1.165) is 5.56 Å². The predicted octanol–water partition coefficient (Wildman–Crippen LogP) is 2.08. The largest absolute Gasteiger partial charge is 0.399 e. The lowest BCUT2D eigenvalue weighted by Gasteiger charge is -2.10. The van der Waals surface area contributed by atoms with Gasteiger partial charge in [0.1, 0.15) is 5.82 Å². The van der Waals surface area contributed by atoms with Crippen molar-refractivity contribution < 1.29 is 8.42 Å². The maximum atomic E-state index is 12.3. The zero-order valence-corrected chi connectivity index (χ0v) is 11.5. The van der Waals surface area contributed by atoms with Crippen LogP contribution >= 0.6 is 0 Å². The van der Waals surface area contributed by atoms with Gasteiger partial charge < -0.3 is 5.73 Å². The fourth-order valence-corrected chi connectivity index (χ4v) is 2.92. The van der Waals surface area contributed by atoms with E-state index in [1.54, 1.807) is 37.4 Å². The molecule has 0 bridgehead atoms. The van der Waals surface area contributed by atoms with Gasteiger partial charge in [-0.1, -0.05) is 12.1 Å². The van der Waals surface area contributed by atoms with Crippen LogP contribution < -0.4 is 10.5 Å². The molecule has 6 heteroatoms. The highest BCUT2D eigenvalue weighted by atomic mass is 32.2. The zero-order valence-electron chi connectivity index (χ0n) is 10.7. The predicted molar refractivity (Wildman–Crippen MR) is 75.4 cm³/mol. The van der Waals surface area contributed by atoms with Gasteiger partial charge in [0, 0.05) is 11.9 Å². The molecule has 1 heterocycles. The normalized spacial score (nSPS) is 11.3. The van der Waals surface area contributed by atoms with Crippen molar-refractivity contribution in [3.05, 3.63) is 47.7 Å². The fraction of sp³-hybridized carbons (Fsp3) is 0.154. The standard InChI is InChI=1S/C13H15N3O2S/c1-9-3-6-13(15-8-9)16-19(17,18)12-7-11(14)5-4-10(12)2/h3-8H,14H2,1-2H3,(H,15,16). The molecule has 0 amide bonds. The SMILES string of the molecule is Cc1ccc(NS(=O)(=O)c2cc(N)ccc2C)nc1. The van der Waals surface area contributed by atoms with Crippen LogP contribution in [-0.2, 0) is 10.0 Å². The number of aromatic nitrogens is 1. The van der Waals surface area contributed by atoms with Gasteiger partial charge in [0.2, 0.25) is 0 Å². The van der Waals surface area contributed by atoms with Crippen LogP contribution in [0.1, 0.15) is 11.1 Å². The summed E-state index contributed by atoms with van der Waals surface area (Å²) < 4.78 is 26.9. The van der Waals surface area contributed by atoms with E-state index in [2.05, 4.69) is 9.71 Å². The summed E-state index contributed by atoms with van der Waals surface area (Å²) in [6.07, 6.45) is 1.60. The summed E-state index contributed by atoms with van der Waals surface area (Å²) in [4.78, 5) is 4.18. The Bertz CT molecular complexity index is 694. The molecule has 0 aliphatic rings. The topological polar surface area (TPSA) is 85.1 Å². The Balaban J connectivity index is 2.37. The van der Waals surface area contributed by atoms with Gasteiger partial charge in [-0.2, -0.15) is 0 Å². The Morgan fingerprint density at radius 3 is 2.53 bits per heavy atom. The molecule has 1 aromatic carbocycles. The van der Waals surface area contributed by atoms with Crippen LogP contribution in [0.3, 0.4) is 0 Å². The summed E-state index contributed by atoms with van der Waals surface area (Å²) in [6.45, 7) is 3.60. The highest BCUT2D eigenvalue weighted by Crippen LogP contribution is 2.20. The van der Waals surface area contributed by atoms with Crippen LogP contribution in [0.2, 0.25) is 0 Å². The van der Waals surface area contributed by atoms with Crippen molar-refractivity contribution in [2.24, 2.45) is 0 Å². The fourth-order valence-electron chi connectivity index (χ4n) is 1.63. The average Bonchev–Trinajstić information content (AvgIpc) is 2.35. The van der Waals surface area contributed by atoms with Crippen LogP contribution in [0.5, 0.6) is 0 Å². The lowest BCUT2D eigenvalue weighted by molar-refractivity contribution is 0.600. The quantitative estimate of drug-likeness (QED) is 0.841. The van der Waals surface area contributed by atoms with Crippen molar-refractivity contribution in [2.75, 3.05) is 10.5 Å². The smallest absolute Gasteiger partial charge is 0.263 e. The molecule has 100 valence electrons. The number of anilines is 2. The van der Waals surface area contributed by atoms with Gasteiger partial charge in [-0.15, -0.1) is 0 Å². The Morgan fingerprint density at radius 1 is 1.16 bits per heavy atom. The van der Waals surface area contributed by atoms with Gasteiger partial charge >= 0.3 is 0 Å². The Labute approximate surface area is 112 Å². The first-order chi connectivity index (χ1) is 8.88. The van der Waals surface area contributed by atoms with E-state index in [9.17, 15) is 8.42 Å². The van der Waals surface area contributed by atoms with Crippen molar-refractivity contribution in [1.29, 1.82) is 0 Å². The third kappa shape index (κ3) is 3.03. The number of nitrogen functional groups attached to an aromatic ring is 1. The molecule has 2 rings (SSSR count). The lowest BCUT2D eigenvalue weighted by atomic mass is 10.2. The van der Waals surface area contributed by atoms with Crippen molar-refractivity contribution in [2.45, 2.75) is 18.7 Å². The number of nitrogens with two attached hydrogens (primary N) is 1. The maximum Gasteiger partial charge on any atom is 0.263 e. The number of nitrogens with zero attached hydrogens (tertiary/aromatic N) is 1. The Kier molecular flexibility index (Phi) is 3.44. The number of nitrogens with one attached hydrogen (secondary N) is 1. The molecule has 5 nitrogen and oxygen atoms in total. The van der Waals surface area contributed by atoms with Gasteiger partial charge in [-0.3, -0.25) is 4.72 Å². The van der Waals surface area contributed by atoms with Gasteiger partial charge in [0.25, 0.3) is 10.0 Å². The lowest BCUT2D eigenvalue weighted by Crippen LogP contribution is -2.15. The second-order valence-corrected chi connectivity index (χ2v) is 6.00. The van der Waals surface area contributed by atoms with Gasteiger partial charge in [0.05, 0.1) is 4.90 Å². The molecule has 0 radical (unpaired) electrons. The molecule has 0 saturated carbocycles. The summed E-state index contributed by atoms with van der Waals surface area (Å²) >= 11 is 0. The molecule has 1 aromatic heterocycles. The van der Waals surface area contributed by atoms with Crippen LogP contribution in [-0.4, -0.2) is 13.4 Å². The monoisotopic (exact) mass is 277 g/mol. The van der Waals surface area contributed by atoms with Crippen molar-refractivity contribution >= 4 is 21.5 Å². The van der Waals surface area contributed by atoms with E-state index in [1.807, 2.05) is 6.92 Å². The minimum atomic E-state index is -3.67. The summed E-state index contributed by atoms with van der Waals surface area (Å²) in [5.41, 5.74) is 7.63. The number of pyridine rings is 1. The number of aryl methyl sites for hydroxylation is 2. The van der Waals surface area contributed by atoms with E-state index in [4.69, 9.17) is 5.73 Å². The Hall–Kier alpha value is -2.08. The first-order valence-electron chi connectivity index (χ1n) is 5.70. The number of benzene rings is 1. The number of hydrogen-bond acceptors (Lipinski definition) is 4. The van der Waals surface area contributed by atoms with E-state index >= 15 is 0 Å². The molecule has 0 unspecified atom stereocenters.